The number of nitrogens with one attached hydrogen (secondary N) is 1. The highest BCUT2D eigenvalue weighted by molar-refractivity contribution is 5.95. The summed E-state index contributed by atoms with van der Waals surface area (Å²) in [6, 6.07) is 3.24. The minimum Gasteiger partial charge on any atom is -0.378 e. The first-order valence-electron chi connectivity index (χ1n) is 10.9. The molecule has 2 aromatic heterocycles. The number of anilines is 1. The highest BCUT2D eigenvalue weighted by Crippen LogP contribution is 2.31. The van der Waals surface area contributed by atoms with E-state index in [0.29, 0.717) is 60.0 Å². The summed E-state index contributed by atoms with van der Waals surface area (Å²) in [5.74, 6) is -0.197. The summed E-state index contributed by atoms with van der Waals surface area (Å²) in [6.45, 7) is 11.1. The lowest BCUT2D eigenvalue weighted by molar-refractivity contribution is 0.110. The van der Waals surface area contributed by atoms with Crippen molar-refractivity contribution in [3.8, 4) is 0 Å². The van der Waals surface area contributed by atoms with E-state index in [-0.39, 0.29) is 11.1 Å². The van der Waals surface area contributed by atoms with Crippen LogP contribution in [-0.2, 0) is 4.74 Å². The lowest BCUT2D eigenvalue weighted by Gasteiger charge is -2.31. The number of alkyl halides is 2. The lowest BCUT2D eigenvalue weighted by atomic mass is 10.0. The zero-order valence-corrected chi connectivity index (χ0v) is 19.2. The lowest BCUT2D eigenvalue weighted by Crippen LogP contribution is -2.49. The van der Waals surface area contributed by atoms with Crippen LogP contribution >= 0.6 is 0 Å². The van der Waals surface area contributed by atoms with Gasteiger partial charge < -0.3 is 15.1 Å². The van der Waals surface area contributed by atoms with Crippen molar-refractivity contribution in [3.05, 3.63) is 69.7 Å². The van der Waals surface area contributed by atoms with Crippen LogP contribution in [0.15, 0.2) is 35.8 Å². The Hall–Kier alpha value is -3.40. The second kappa shape index (κ2) is 9.46. The Morgan fingerprint density at radius 2 is 1.88 bits per heavy atom. The quantitative estimate of drug-likeness (QED) is 0.574. The molecular weight excluding hydrogens is 447 g/mol. The summed E-state index contributed by atoms with van der Waals surface area (Å²) >= 11 is 0. The predicted octanol–water partition coefficient (Wildman–Crippen LogP) is 4.35. The Morgan fingerprint density at radius 3 is 2.53 bits per heavy atom. The third kappa shape index (κ3) is 4.37. The first kappa shape index (κ1) is 23.7. The van der Waals surface area contributed by atoms with Crippen LogP contribution in [0.3, 0.4) is 0 Å². The van der Waals surface area contributed by atoms with Crippen molar-refractivity contribution < 1.29 is 17.9 Å². The molecule has 3 aromatic rings. The van der Waals surface area contributed by atoms with Crippen LogP contribution in [0.5, 0.6) is 0 Å². The Labute approximate surface area is 194 Å². The molecular formula is C24H26F3N5O2. The largest absolute Gasteiger partial charge is 0.378 e. The summed E-state index contributed by atoms with van der Waals surface area (Å²) in [4.78, 5) is 22.3. The van der Waals surface area contributed by atoms with Crippen LogP contribution in [-0.4, -0.2) is 40.9 Å². The van der Waals surface area contributed by atoms with Gasteiger partial charge in [-0.15, -0.1) is 0 Å². The maximum atomic E-state index is 14.8. The molecule has 1 fully saturated rings. The van der Waals surface area contributed by atoms with E-state index < -0.39 is 23.8 Å². The fourth-order valence-electron chi connectivity index (χ4n) is 4.12. The Morgan fingerprint density at radius 1 is 1.21 bits per heavy atom. The molecule has 0 radical (unpaired) electrons. The van der Waals surface area contributed by atoms with E-state index in [4.69, 9.17) is 4.74 Å². The van der Waals surface area contributed by atoms with Gasteiger partial charge in [0.25, 0.3) is 12.0 Å². The maximum Gasteiger partial charge on any atom is 0.278 e. The SMILES string of the molecule is C=C(C)c1c(=O)n(N2CCOCC2)cc2c(N[C@H](C)c3cccc(C(F)F)c3F)nc(C)nc12. The number of aromatic nitrogens is 3. The molecule has 0 aliphatic carbocycles. The molecule has 0 amide bonds. The standard InChI is InChI=1S/C24H26F3N5O2/c1-13(2)19-21-18(12-32(24(19)33)31-8-10-34-11-9-31)23(30-15(4)29-21)28-14(3)16-6-5-7-17(20(16)25)22(26)27/h5-7,12,14,22H,1,8-11H2,2-4H3,(H,28,29,30)/t14-/m1/s1. The van der Waals surface area contributed by atoms with Crippen molar-refractivity contribution in [1.82, 2.24) is 14.6 Å². The summed E-state index contributed by atoms with van der Waals surface area (Å²) in [7, 11) is 0. The van der Waals surface area contributed by atoms with Crippen LogP contribution < -0.4 is 15.9 Å². The van der Waals surface area contributed by atoms with Gasteiger partial charge in [-0.2, -0.15) is 0 Å². The number of hydrogen-bond acceptors (Lipinski definition) is 6. The third-order valence-corrected chi connectivity index (χ3v) is 5.80. The van der Waals surface area contributed by atoms with E-state index in [1.807, 2.05) is 5.01 Å². The number of halogens is 3. The number of fused-ring (bicyclic) bond motifs is 1. The second-order valence-electron chi connectivity index (χ2n) is 8.30. The van der Waals surface area contributed by atoms with Gasteiger partial charge in [0.1, 0.15) is 17.5 Å². The smallest absolute Gasteiger partial charge is 0.278 e. The second-order valence-corrected chi connectivity index (χ2v) is 8.30. The molecule has 1 saturated heterocycles. The fraction of sp³-hybridized carbons (Fsp3) is 0.375. The van der Waals surface area contributed by atoms with Crippen molar-refractivity contribution in [2.75, 3.05) is 36.6 Å². The molecule has 0 unspecified atom stereocenters. The van der Waals surface area contributed by atoms with E-state index in [1.165, 1.54) is 16.8 Å². The summed E-state index contributed by atoms with van der Waals surface area (Å²) in [5.41, 5.74) is 0.506. The van der Waals surface area contributed by atoms with Crippen LogP contribution in [0.2, 0.25) is 0 Å². The van der Waals surface area contributed by atoms with Gasteiger partial charge in [0, 0.05) is 11.8 Å². The van der Waals surface area contributed by atoms with Crippen LogP contribution in [0.4, 0.5) is 19.0 Å². The summed E-state index contributed by atoms with van der Waals surface area (Å²) in [6.07, 6.45) is -1.27. The molecule has 3 heterocycles. The first-order chi connectivity index (χ1) is 16.2. The van der Waals surface area contributed by atoms with Gasteiger partial charge in [0.05, 0.1) is 54.4 Å². The highest BCUT2D eigenvalue weighted by Gasteiger charge is 2.23. The molecule has 1 aromatic carbocycles. The van der Waals surface area contributed by atoms with E-state index in [2.05, 4.69) is 21.9 Å². The molecule has 0 spiro atoms. The highest BCUT2D eigenvalue weighted by atomic mass is 19.3. The van der Waals surface area contributed by atoms with Gasteiger partial charge in [-0.1, -0.05) is 24.8 Å². The number of benzene rings is 1. The van der Waals surface area contributed by atoms with Crippen molar-refractivity contribution in [1.29, 1.82) is 0 Å². The number of nitrogens with zero attached hydrogens (tertiary/aromatic N) is 4. The number of rotatable bonds is 6. The average Bonchev–Trinajstić information content (AvgIpc) is 2.78. The van der Waals surface area contributed by atoms with E-state index in [0.717, 1.165) is 6.07 Å². The minimum absolute atomic E-state index is 0.0869. The fourth-order valence-corrected chi connectivity index (χ4v) is 4.12. The number of allylic oxidation sites excluding steroid dienone is 1. The van der Waals surface area contributed by atoms with E-state index in [9.17, 15) is 18.0 Å². The first-order valence-corrected chi connectivity index (χ1v) is 10.9. The number of aryl methyl sites for hydroxylation is 1. The molecule has 0 bridgehead atoms. The average molecular weight is 473 g/mol. The Balaban J connectivity index is 1.86. The molecule has 1 N–H and O–H groups in total. The van der Waals surface area contributed by atoms with Gasteiger partial charge in [-0.25, -0.2) is 27.8 Å². The zero-order chi connectivity index (χ0) is 24.6. The molecule has 10 heteroatoms. The van der Waals surface area contributed by atoms with Gasteiger partial charge in [-0.05, 0) is 26.3 Å². The molecule has 1 aliphatic heterocycles. The zero-order valence-electron chi connectivity index (χ0n) is 19.2. The Kier molecular flexibility index (Phi) is 6.60. The summed E-state index contributed by atoms with van der Waals surface area (Å²) in [5, 5.41) is 5.55. The molecule has 1 aliphatic rings. The van der Waals surface area contributed by atoms with Gasteiger partial charge in [-0.3, -0.25) is 4.79 Å². The molecule has 180 valence electrons. The topological polar surface area (TPSA) is 72.3 Å². The minimum atomic E-state index is -2.92. The van der Waals surface area contributed by atoms with Gasteiger partial charge in [0.15, 0.2) is 0 Å². The Bertz CT molecular complexity index is 1300. The molecule has 7 nitrogen and oxygen atoms in total. The van der Waals surface area contributed by atoms with Gasteiger partial charge in [0.2, 0.25) is 0 Å². The monoisotopic (exact) mass is 473 g/mol. The predicted molar refractivity (Wildman–Crippen MR) is 125 cm³/mol. The van der Waals surface area contributed by atoms with Crippen LogP contribution in [0.25, 0.3) is 16.5 Å². The number of ether oxygens (including phenoxy) is 1. The molecule has 34 heavy (non-hydrogen) atoms. The summed E-state index contributed by atoms with van der Waals surface area (Å²) < 4.78 is 48.1. The van der Waals surface area contributed by atoms with Crippen LogP contribution in [0, 0.1) is 12.7 Å². The molecule has 4 rings (SSSR count). The van der Waals surface area contributed by atoms with E-state index in [1.54, 1.807) is 27.0 Å². The van der Waals surface area contributed by atoms with Crippen molar-refractivity contribution in [2.45, 2.75) is 33.2 Å². The number of pyridine rings is 1. The van der Waals surface area contributed by atoms with Crippen molar-refractivity contribution in [2.24, 2.45) is 0 Å². The number of hydrogen-bond donors (Lipinski definition) is 1. The molecule has 0 saturated carbocycles. The number of morpholine rings is 1. The van der Waals surface area contributed by atoms with Crippen molar-refractivity contribution in [3.63, 3.8) is 0 Å². The van der Waals surface area contributed by atoms with Gasteiger partial charge >= 0.3 is 0 Å². The normalized spacial score (nSPS) is 15.1. The van der Waals surface area contributed by atoms with Crippen molar-refractivity contribution >= 4 is 22.3 Å². The third-order valence-electron chi connectivity index (χ3n) is 5.80. The maximum absolute atomic E-state index is 14.8. The van der Waals surface area contributed by atoms with Crippen LogP contribution in [0.1, 0.15) is 48.8 Å². The molecule has 1 atom stereocenters. The van der Waals surface area contributed by atoms with E-state index >= 15 is 0 Å².